The fraction of sp³-hybridized carbons (Fsp3) is 0.357. The van der Waals surface area contributed by atoms with Crippen LogP contribution in [-0.2, 0) is 6.61 Å². The molecule has 0 aliphatic rings. The fourth-order valence-corrected chi connectivity index (χ4v) is 2.75. The summed E-state index contributed by atoms with van der Waals surface area (Å²) in [7, 11) is 1.67. The molecule has 0 bridgehead atoms. The van der Waals surface area contributed by atoms with Crippen molar-refractivity contribution in [3.8, 4) is 17.0 Å². The molecule has 102 valence electrons. The number of anilines is 1. The highest BCUT2D eigenvalue weighted by molar-refractivity contribution is 7.15. The van der Waals surface area contributed by atoms with Gasteiger partial charge in [0.1, 0.15) is 5.75 Å². The quantitative estimate of drug-likeness (QED) is 0.902. The first-order valence-electron chi connectivity index (χ1n) is 6.11. The second-order valence-electron chi connectivity index (χ2n) is 4.59. The SMILES string of the molecule is COc1ccc(-c2nc(N)sc2CO)cc1C(C)C. The van der Waals surface area contributed by atoms with Crippen molar-refractivity contribution in [2.45, 2.75) is 26.4 Å². The zero-order valence-corrected chi connectivity index (χ0v) is 12.1. The lowest BCUT2D eigenvalue weighted by atomic mass is 9.98. The Morgan fingerprint density at radius 3 is 2.74 bits per heavy atom. The highest BCUT2D eigenvalue weighted by Gasteiger charge is 2.14. The number of hydrogen-bond acceptors (Lipinski definition) is 5. The average molecular weight is 278 g/mol. The Hall–Kier alpha value is -1.59. The molecule has 1 aromatic carbocycles. The van der Waals surface area contributed by atoms with E-state index < -0.39 is 0 Å². The molecular formula is C14H18N2O2S. The second-order valence-corrected chi connectivity index (χ2v) is 5.71. The molecule has 0 spiro atoms. The summed E-state index contributed by atoms with van der Waals surface area (Å²) in [6.07, 6.45) is 0. The molecule has 2 aromatic rings. The Kier molecular flexibility index (Phi) is 4.07. The Bertz CT molecular complexity index is 579. The first kappa shape index (κ1) is 13.8. The van der Waals surface area contributed by atoms with Gasteiger partial charge >= 0.3 is 0 Å². The molecule has 5 heteroatoms. The maximum atomic E-state index is 9.36. The molecule has 0 aliphatic carbocycles. The van der Waals surface area contributed by atoms with Gasteiger partial charge in [0.25, 0.3) is 0 Å². The lowest BCUT2D eigenvalue weighted by Gasteiger charge is -2.13. The average Bonchev–Trinajstić information content (AvgIpc) is 2.79. The number of nitrogens with two attached hydrogens (primary N) is 1. The normalized spacial score (nSPS) is 11.0. The summed E-state index contributed by atoms with van der Waals surface area (Å²) in [6.45, 7) is 4.18. The number of nitrogen functional groups attached to an aromatic ring is 1. The molecule has 0 radical (unpaired) electrons. The van der Waals surface area contributed by atoms with E-state index in [1.165, 1.54) is 11.3 Å². The van der Waals surface area contributed by atoms with Crippen molar-refractivity contribution in [1.29, 1.82) is 0 Å². The van der Waals surface area contributed by atoms with Crippen molar-refractivity contribution in [3.05, 3.63) is 28.6 Å². The van der Waals surface area contributed by atoms with Gasteiger partial charge in [-0.25, -0.2) is 4.98 Å². The molecule has 4 nitrogen and oxygen atoms in total. The third-order valence-corrected chi connectivity index (χ3v) is 3.85. The van der Waals surface area contributed by atoms with Crippen LogP contribution in [0.25, 0.3) is 11.3 Å². The molecule has 19 heavy (non-hydrogen) atoms. The van der Waals surface area contributed by atoms with Gasteiger partial charge < -0.3 is 15.6 Å². The molecule has 1 aromatic heterocycles. The van der Waals surface area contributed by atoms with Gasteiger partial charge in [-0.15, -0.1) is 0 Å². The van der Waals surface area contributed by atoms with Crippen LogP contribution in [0.1, 0.15) is 30.2 Å². The van der Waals surface area contributed by atoms with E-state index in [1.54, 1.807) is 7.11 Å². The van der Waals surface area contributed by atoms with Crippen LogP contribution in [0.2, 0.25) is 0 Å². The number of aromatic nitrogens is 1. The zero-order chi connectivity index (χ0) is 14.0. The van der Waals surface area contributed by atoms with Gasteiger partial charge in [-0.1, -0.05) is 25.2 Å². The third kappa shape index (κ3) is 2.72. The molecule has 0 saturated carbocycles. The summed E-state index contributed by atoms with van der Waals surface area (Å²) in [5, 5.41) is 9.84. The van der Waals surface area contributed by atoms with Crippen molar-refractivity contribution < 1.29 is 9.84 Å². The van der Waals surface area contributed by atoms with Gasteiger partial charge in [0, 0.05) is 5.56 Å². The first-order chi connectivity index (χ1) is 9.06. The number of nitrogens with zero attached hydrogens (tertiary/aromatic N) is 1. The maximum absolute atomic E-state index is 9.36. The van der Waals surface area contributed by atoms with E-state index in [-0.39, 0.29) is 6.61 Å². The second kappa shape index (κ2) is 5.59. The van der Waals surface area contributed by atoms with Gasteiger partial charge in [0.05, 0.1) is 24.3 Å². The predicted molar refractivity (Wildman–Crippen MR) is 78.5 cm³/mol. The van der Waals surface area contributed by atoms with Gasteiger partial charge in [0.15, 0.2) is 5.13 Å². The highest BCUT2D eigenvalue weighted by Crippen LogP contribution is 2.34. The van der Waals surface area contributed by atoms with Crippen LogP contribution in [-0.4, -0.2) is 17.2 Å². The Morgan fingerprint density at radius 2 is 2.16 bits per heavy atom. The van der Waals surface area contributed by atoms with Gasteiger partial charge in [-0.3, -0.25) is 0 Å². The van der Waals surface area contributed by atoms with Crippen LogP contribution >= 0.6 is 11.3 Å². The Labute approximate surface area is 116 Å². The Balaban J connectivity index is 2.53. The third-order valence-electron chi connectivity index (χ3n) is 2.98. The number of aliphatic hydroxyl groups is 1. The number of rotatable bonds is 4. The number of aliphatic hydroxyl groups excluding tert-OH is 1. The smallest absolute Gasteiger partial charge is 0.180 e. The topological polar surface area (TPSA) is 68.4 Å². The lowest BCUT2D eigenvalue weighted by Crippen LogP contribution is -1.96. The van der Waals surface area contributed by atoms with Crippen molar-refractivity contribution in [3.63, 3.8) is 0 Å². The number of hydrogen-bond donors (Lipinski definition) is 2. The minimum Gasteiger partial charge on any atom is -0.496 e. The van der Waals surface area contributed by atoms with Crippen LogP contribution in [0.5, 0.6) is 5.75 Å². The Morgan fingerprint density at radius 1 is 1.42 bits per heavy atom. The highest BCUT2D eigenvalue weighted by atomic mass is 32.1. The number of thiazole rings is 1. The number of methoxy groups -OCH3 is 1. The van der Waals surface area contributed by atoms with Crippen molar-refractivity contribution in [1.82, 2.24) is 4.98 Å². The molecule has 0 fully saturated rings. The minimum absolute atomic E-state index is 0.0484. The summed E-state index contributed by atoms with van der Waals surface area (Å²) < 4.78 is 5.37. The van der Waals surface area contributed by atoms with E-state index in [0.29, 0.717) is 11.0 Å². The van der Waals surface area contributed by atoms with E-state index in [0.717, 1.165) is 27.4 Å². The molecule has 1 heterocycles. The summed E-state index contributed by atoms with van der Waals surface area (Å²) in [5.41, 5.74) is 8.56. The van der Waals surface area contributed by atoms with Crippen molar-refractivity contribution >= 4 is 16.5 Å². The van der Waals surface area contributed by atoms with Gasteiger partial charge in [-0.05, 0) is 29.7 Å². The van der Waals surface area contributed by atoms with E-state index in [9.17, 15) is 5.11 Å². The van der Waals surface area contributed by atoms with Crippen LogP contribution in [0.3, 0.4) is 0 Å². The molecular weight excluding hydrogens is 260 g/mol. The monoisotopic (exact) mass is 278 g/mol. The summed E-state index contributed by atoms with van der Waals surface area (Å²) in [4.78, 5) is 5.09. The summed E-state index contributed by atoms with van der Waals surface area (Å²) in [5.74, 6) is 1.22. The fourth-order valence-electron chi connectivity index (χ4n) is 2.04. The van der Waals surface area contributed by atoms with E-state index >= 15 is 0 Å². The van der Waals surface area contributed by atoms with Gasteiger partial charge in [-0.2, -0.15) is 0 Å². The predicted octanol–water partition coefficient (Wildman–Crippen LogP) is 3.02. The zero-order valence-electron chi connectivity index (χ0n) is 11.3. The number of ether oxygens (including phenoxy) is 1. The number of benzene rings is 1. The van der Waals surface area contributed by atoms with Crippen LogP contribution in [0.15, 0.2) is 18.2 Å². The molecule has 0 amide bonds. The van der Waals surface area contributed by atoms with Gasteiger partial charge in [0.2, 0.25) is 0 Å². The molecule has 2 rings (SSSR count). The van der Waals surface area contributed by atoms with E-state index in [4.69, 9.17) is 10.5 Å². The molecule has 0 atom stereocenters. The maximum Gasteiger partial charge on any atom is 0.180 e. The van der Waals surface area contributed by atoms with Crippen LogP contribution < -0.4 is 10.5 Å². The molecule has 0 unspecified atom stereocenters. The standard InChI is InChI=1S/C14H18N2O2S/c1-8(2)10-6-9(4-5-11(10)18-3)13-12(7-17)19-14(15)16-13/h4-6,8,17H,7H2,1-3H3,(H2,15,16). The van der Waals surface area contributed by atoms with E-state index in [2.05, 4.69) is 24.9 Å². The first-order valence-corrected chi connectivity index (χ1v) is 6.92. The van der Waals surface area contributed by atoms with E-state index in [1.807, 2.05) is 12.1 Å². The molecule has 0 aliphatic heterocycles. The molecule has 0 saturated heterocycles. The lowest BCUT2D eigenvalue weighted by molar-refractivity contribution is 0.286. The van der Waals surface area contributed by atoms with Crippen molar-refractivity contribution in [2.24, 2.45) is 0 Å². The summed E-state index contributed by atoms with van der Waals surface area (Å²) >= 11 is 1.32. The van der Waals surface area contributed by atoms with Crippen molar-refractivity contribution in [2.75, 3.05) is 12.8 Å². The van der Waals surface area contributed by atoms with Crippen LogP contribution in [0, 0.1) is 0 Å². The minimum atomic E-state index is -0.0484. The molecule has 3 N–H and O–H groups in total. The largest absolute Gasteiger partial charge is 0.496 e. The summed E-state index contributed by atoms with van der Waals surface area (Å²) in [6, 6.07) is 5.93. The van der Waals surface area contributed by atoms with Crippen LogP contribution in [0.4, 0.5) is 5.13 Å².